The van der Waals surface area contributed by atoms with Crippen LogP contribution in [0.4, 0.5) is 9.39 Å². The van der Waals surface area contributed by atoms with Crippen LogP contribution >= 0.6 is 22.9 Å². The third-order valence-electron chi connectivity index (χ3n) is 4.31. The van der Waals surface area contributed by atoms with Gasteiger partial charge in [0.1, 0.15) is 17.0 Å². The van der Waals surface area contributed by atoms with Crippen molar-refractivity contribution < 1.29 is 9.18 Å². The molecular formula is C16H15ClFN3OS. The zero-order valence-corrected chi connectivity index (χ0v) is 14.0. The minimum absolute atomic E-state index is 0.162. The lowest BCUT2D eigenvalue weighted by Crippen LogP contribution is -2.39. The number of carbonyl (C=O) groups excluding carboxylic acids is 1. The standard InChI is InChI=1S/C16H15ClFN3OS/c1-21-6-5-8-11(7-21)23-16-12(8)15(22)19-14(20-16)13-9(17)3-2-4-10(13)18/h2-4,14,20H,5-7H2,1H3,(H,19,22)/t14-/m0/s1. The van der Waals surface area contributed by atoms with Gasteiger partial charge >= 0.3 is 0 Å². The molecule has 0 radical (unpaired) electrons. The number of nitrogens with zero attached hydrogens (tertiary/aromatic N) is 1. The van der Waals surface area contributed by atoms with Crippen LogP contribution in [0.3, 0.4) is 0 Å². The number of hydrogen-bond acceptors (Lipinski definition) is 4. The van der Waals surface area contributed by atoms with Gasteiger partial charge in [0.25, 0.3) is 5.91 Å². The van der Waals surface area contributed by atoms with Crippen molar-refractivity contribution in [2.24, 2.45) is 0 Å². The molecule has 0 saturated heterocycles. The minimum atomic E-state index is -0.651. The lowest BCUT2D eigenvalue weighted by molar-refractivity contribution is 0.0934. The molecule has 1 aromatic carbocycles. The van der Waals surface area contributed by atoms with Gasteiger partial charge in [0.05, 0.1) is 10.6 Å². The number of nitrogens with one attached hydrogen (secondary N) is 2. The van der Waals surface area contributed by atoms with Crippen LogP contribution in [0.2, 0.25) is 5.02 Å². The van der Waals surface area contributed by atoms with Crippen LogP contribution in [0, 0.1) is 5.82 Å². The molecule has 0 saturated carbocycles. The number of benzene rings is 1. The smallest absolute Gasteiger partial charge is 0.256 e. The third-order valence-corrected chi connectivity index (χ3v) is 5.79. The highest BCUT2D eigenvalue weighted by molar-refractivity contribution is 7.16. The van der Waals surface area contributed by atoms with Crippen molar-refractivity contribution in [1.82, 2.24) is 10.2 Å². The first kappa shape index (κ1) is 14.9. The second-order valence-electron chi connectivity index (χ2n) is 5.88. The van der Waals surface area contributed by atoms with Crippen molar-refractivity contribution >= 4 is 33.8 Å². The summed E-state index contributed by atoms with van der Waals surface area (Å²) in [5.74, 6) is -0.593. The number of thiophene rings is 1. The Kier molecular flexibility index (Phi) is 3.55. The first-order chi connectivity index (χ1) is 11.0. The molecule has 2 aromatic rings. The Morgan fingerprint density at radius 2 is 2.22 bits per heavy atom. The number of hydrogen-bond donors (Lipinski definition) is 2. The van der Waals surface area contributed by atoms with Crippen molar-refractivity contribution in [2.45, 2.75) is 19.1 Å². The summed E-state index contributed by atoms with van der Waals surface area (Å²) in [4.78, 5) is 16.0. The molecule has 2 aliphatic rings. The van der Waals surface area contributed by atoms with Gasteiger partial charge < -0.3 is 15.5 Å². The van der Waals surface area contributed by atoms with Crippen LogP contribution in [0.15, 0.2) is 18.2 Å². The van der Waals surface area contributed by atoms with Gasteiger partial charge in [-0.05, 0) is 31.2 Å². The molecule has 2 aliphatic heterocycles. The van der Waals surface area contributed by atoms with E-state index in [-0.39, 0.29) is 11.5 Å². The molecule has 2 N–H and O–H groups in total. The van der Waals surface area contributed by atoms with Crippen LogP contribution in [-0.4, -0.2) is 24.4 Å². The molecular weight excluding hydrogens is 337 g/mol. The normalized spacial score (nSPS) is 20.5. The summed E-state index contributed by atoms with van der Waals surface area (Å²) >= 11 is 7.70. The Labute approximate surface area is 142 Å². The van der Waals surface area contributed by atoms with E-state index in [0.717, 1.165) is 30.1 Å². The predicted octanol–water partition coefficient (Wildman–Crippen LogP) is 3.38. The van der Waals surface area contributed by atoms with Gasteiger partial charge in [0, 0.05) is 23.5 Å². The molecule has 120 valence electrons. The van der Waals surface area contributed by atoms with Gasteiger partial charge in [0.2, 0.25) is 0 Å². The van der Waals surface area contributed by atoms with E-state index in [1.807, 2.05) is 0 Å². The molecule has 7 heteroatoms. The molecule has 0 fully saturated rings. The molecule has 1 amide bonds. The van der Waals surface area contributed by atoms with Crippen molar-refractivity contribution in [2.75, 3.05) is 18.9 Å². The van der Waals surface area contributed by atoms with Gasteiger partial charge in [0.15, 0.2) is 0 Å². The number of fused-ring (bicyclic) bond motifs is 3. The molecule has 0 bridgehead atoms. The van der Waals surface area contributed by atoms with Crippen LogP contribution < -0.4 is 10.6 Å². The zero-order chi connectivity index (χ0) is 16.1. The topological polar surface area (TPSA) is 44.4 Å². The van der Waals surface area contributed by atoms with E-state index in [4.69, 9.17) is 11.6 Å². The monoisotopic (exact) mass is 351 g/mol. The van der Waals surface area contributed by atoms with Gasteiger partial charge in [-0.1, -0.05) is 17.7 Å². The highest BCUT2D eigenvalue weighted by atomic mass is 35.5. The largest absolute Gasteiger partial charge is 0.352 e. The second-order valence-corrected chi connectivity index (χ2v) is 7.39. The van der Waals surface area contributed by atoms with E-state index < -0.39 is 12.0 Å². The summed E-state index contributed by atoms with van der Waals surface area (Å²) in [5, 5.41) is 7.18. The maximum atomic E-state index is 14.1. The van der Waals surface area contributed by atoms with E-state index >= 15 is 0 Å². The summed E-state index contributed by atoms with van der Waals surface area (Å²) in [6, 6.07) is 4.52. The Hall–Kier alpha value is -1.63. The summed E-state index contributed by atoms with van der Waals surface area (Å²) in [7, 11) is 2.07. The molecule has 0 spiro atoms. The third kappa shape index (κ3) is 2.41. The number of carbonyl (C=O) groups is 1. The fourth-order valence-electron chi connectivity index (χ4n) is 3.17. The average molecular weight is 352 g/mol. The van der Waals surface area contributed by atoms with Crippen molar-refractivity contribution in [3.63, 3.8) is 0 Å². The van der Waals surface area contributed by atoms with E-state index in [0.29, 0.717) is 10.6 Å². The first-order valence-corrected chi connectivity index (χ1v) is 8.58. The molecule has 0 unspecified atom stereocenters. The van der Waals surface area contributed by atoms with Crippen LogP contribution in [0.5, 0.6) is 0 Å². The number of likely N-dealkylation sites (N-methyl/N-ethyl adjacent to an activating group) is 1. The Balaban J connectivity index is 1.75. The number of halogens is 2. The van der Waals surface area contributed by atoms with E-state index in [9.17, 15) is 9.18 Å². The maximum Gasteiger partial charge on any atom is 0.256 e. The second kappa shape index (κ2) is 5.47. The predicted molar refractivity (Wildman–Crippen MR) is 89.6 cm³/mol. The Bertz CT molecular complexity index is 787. The number of rotatable bonds is 1. The van der Waals surface area contributed by atoms with Gasteiger partial charge in [-0.25, -0.2) is 4.39 Å². The highest BCUT2D eigenvalue weighted by Crippen LogP contribution is 2.41. The van der Waals surface area contributed by atoms with Crippen molar-refractivity contribution in [3.8, 4) is 0 Å². The van der Waals surface area contributed by atoms with Crippen molar-refractivity contribution in [1.29, 1.82) is 0 Å². The average Bonchev–Trinajstić information content (AvgIpc) is 2.84. The quantitative estimate of drug-likeness (QED) is 0.827. The lowest BCUT2D eigenvalue weighted by atomic mass is 10.0. The van der Waals surface area contributed by atoms with E-state index in [2.05, 4.69) is 22.6 Å². The number of amides is 1. The summed E-state index contributed by atoms with van der Waals surface area (Å²) in [6.07, 6.45) is 0.208. The van der Waals surface area contributed by atoms with Crippen molar-refractivity contribution in [3.05, 3.63) is 50.6 Å². The zero-order valence-electron chi connectivity index (χ0n) is 12.5. The van der Waals surface area contributed by atoms with Crippen LogP contribution in [0.1, 0.15) is 32.5 Å². The summed E-state index contributed by atoms with van der Waals surface area (Å²) in [6.45, 7) is 1.78. The van der Waals surface area contributed by atoms with Gasteiger partial charge in [-0.2, -0.15) is 0 Å². The minimum Gasteiger partial charge on any atom is -0.352 e. The molecule has 1 atom stereocenters. The van der Waals surface area contributed by atoms with Crippen LogP contribution in [0.25, 0.3) is 0 Å². The summed E-state index contributed by atoms with van der Waals surface area (Å²) in [5.41, 5.74) is 2.10. The van der Waals surface area contributed by atoms with Gasteiger partial charge in [-0.15, -0.1) is 11.3 Å². The summed E-state index contributed by atoms with van der Waals surface area (Å²) < 4.78 is 14.1. The molecule has 4 rings (SSSR count). The van der Waals surface area contributed by atoms with Crippen LogP contribution in [-0.2, 0) is 13.0 Å². The fourth-order valence-corrected chi connectivity index (χ4v) is 4.80. The Morgan fingerprint density at radius 3 is 3.00 bits per heavy atom. The molecule has 4 nitrogen and oxygen atoms in total. The number of anilines is 1. The van der Waals surface area contributed by atoms with Gasteiger partial charge in [-0.3, -0.25) is 4.79 Å². The highest BCUT2D eigenvalue weighted by Gasteiger charge is 2.34. The molecule has 0 aliphatic carbocycles. The molecule has 23 heavy (non-hydrogen) atoms. The SMILES string of the molecule is CN1CCc2c(sc3c2C(=O)N[C@H](c2c(F)cccc2Cl)N3)C1. The fraction of sp³-hybridized carbons (Fsp3) is 0.312. The Morgan fingerprint density at radius 1 is 1.39 bits per heavy atom. The lowest BCUT2D eigenvalue weighted by Gasteiger charge is -2.28. The molecule has 1 aromatic heterocycles. The first-order valence-electron chi connectivity index (χ1n) is 7.39. The maximum absolute atomic E-state index is 14.1. The van der Waals surface area contributed by atoms with E-state index in [1.54, 1.807) is 23.5 Å². The molecule has 3 heterocycles. The van der Waals surface area contributed by atoms with E-state index in [1.165, 1.54) is 10.9 Å².